The van der Waals surface area contributed by atoms with Gasteiger partial charge in [-0.05, 0) is 30.3 Å². The normalized spacial score (nSPS) is 10.2. The Hall–Kier alpha value is -1.45. The summed E-state index contributed by atoms with van der Waals surface area (Å²) in [6, 6.07) is 14.5. The van der Waals surface area contributed by atoms with E-state index >= 15 is 0 Å². The second-order valence-electron chi connectivity index (χ2n) is 3.86. The van der Waals surface area contributed by atoms with Crippen LogP contribution in [-0.4, -0.2) is 13.0 Å². The molecule has 0 heterocycles. The number of amides is 1. The molecule has 0 unspecified atom stereocenters. The summed E-state index contributed by atoms with van der Waals surface area (Å²) in [6.45, 7) is 0. The highest BCUT2D eigenvalue weighted by atomic mass is 35.5. The molecule has 0 aliphatic heterocycles. The summed E-state index contributed by atoms with van der Waals surface area (Å²) in [6.07, 6.45) is 0. The van der Waals surface area contributed by atoms with Crippen LogP contribution in [0.25, 0.3) is 0 Å². The molecule has 0 aliphatic rings. The topological polar surface area (TPSA) is 20.3 Å². The molecule has 92 valence electrons. The van der Waals surface area contributed by atoms with Crippen LogP contribution in [0.5, 0.6) is 0 Å². The van der Waals surface area contributed by atoms with E-state index in [0.717, 1.165) is 5.69 Å². The first-order valence-electron chi connectivity index (χ1n) is 5.41. The standard InChI is InChI=1S/C14H12ClNOS/c1-16(10-5-3-2-4-6-10)14(17)12-9-11(18)7-8-13(12)15/h2-9,18H,1H3. The van der Waals surface area contributed by atoms with Crippen LogP contribution < -0.4 is 4.90 Å². The molecule has 0 aromatic heterocycles. The van der Waals surface area contributed by atoms with Gasteiger partial charge in [-0.3, -0.25) is 4.79 Å². The van der Waals surface area contributed by atoms with E-state index in [9.17, 15) is 4.79 Å². The van der Waals surface area contributed by atoms with Gasteiger partial charge in [0, 0.05) is 17.6 Å². The zero-order valence-electron chi connectivity index (χ0n) is 9.80. The molecule has 0 saturated heterocycles. The minimum atomic E-state index is -0.151. The number of hydrogen-bond donors (Lipinski definition) is 1. The van der Waals surface area contributed by atoms with Gasteiger partial charge in [-0.15, -0.1) is 12.6 Å². The largest absolute Gasteiger partial charge is 0.311 e. The second kappa shape index (κ2) is 5.46. The van der Waals surface area contributed by atoms with Crippen molar-refractivity contribution < 1.29 is 4.79 Å². The number of carbonyl (C=O) groups is 1. The Labute approximate surface area is 117 Å². The fourth-order valence-corrected chi connectivity index (χ4v) is 2.03. The summed E-state index contributed by atoms with van der Waals surface area (Å²) in [5.41, 5.74) is 1.28. The fraction of sp³-hybridized carbons (Fsp3) is 0.0714. The SMILES string of the molecule is CN(C(=O)c1cc(S)ccc1Cl)c1ccccc1. The first-order chi connectivity index (χ1) is 8.59. The molecule has 2 rings (SSSR count). The maximum Gasteiger partial charge on any atom is 0.259 e. The van der Waals surface area contributed by atoms with Gasteiger partial charge in [0.05, 0.1) is 10.6 Å². The Morgan fingerprint density at radius 3 is 2.50 bits per heavy atom. The molecule has 0 spiro atoms. The molecule has 0 fully saturated rings. The van der Waals surface area contributed by atoms with Crippen molar-refractivity contribution in [3.8, 4) is 0 Å². The highest BCUT2D eigenvalue weighted by Gasteiger charge is 2.16. The van der Waals surface area contributed by atoms with E-state index in [1.807, 2.05) is 30.3 Å². The van der Waals surface area contributed by atoms with E-state index in [1.165, 1.54) is 0 Å². The molecule has 1 amide bonds. The van der Waals surface area contributed by atoms with Crippen LogP contribution in [0.1, 0.15) is 10.4 Å². The van der Waals surface area contributed by atoms with Gasteiger partial charge in [0.15, 0.2) is 0 Å². The molecule has 18 heavy (non-hydrogen) atoms. The maximum atomic E-state index is 12.3. The minimum Gasteiger partial charge on any atom is -0.311 e. The average molecular weight is 278 g/mol. The number of hydrogen-bond acceptors (Lipinski definition) is 2. The highest BCUT2D eigenvalue weighted by Crippen LogP contribution is 2.23. The molecule has 0 atom stereocenters. The van der Waals surface area contributed by atoms with E-state index in [4.69, 9.17) is 11.6 Å². The van der Waals surface area contributed by atoms with Crippen LogP contribution in [0, 0.1) is 0 Å². The van der Waals surface area contributed by atoms with E-state index in [1.54, 1.807) is 30.1 Å². The molecule has 0 aliphatic carbocycles. The molecule has 0 saturated carbocycles. The zero-order valence-corrected chi connectivity index (χ0v) is 11.4. The van der Waals surface area contributed by atoms with Crippen molar-refractivity contribution in [3.63, 3.8) is 0 Å². The number of para-hydroxylation sites is 1. The third kappa shape index (κ3) is 2.68. The Morgan fingerprint density at radius 2 is 1.83 bits per heavy atom. The van der Waals surface area contributed by atoms with Gasteiger partial charge in [0.25, 0.3) is 5.91 Å². The Kier molecular flexibility index (Phi) is 3.94. The van der Waals surface area contributed by atoms with Gasteiger partial charge in [-0.1, -0.05) is 29.8 Å². The van der Waals surface area contributed by atoms with Gasteiger partial charge in [-0.25, -0.2) is 0 Å². The van der Waals surface area contributed by atoms with E-state index in [2.05, 4.69) is 12.6 Å². The van der Waals surface area contributed by atoms with Gasteiger partial charge < -0.3 is 4.90 Å². The summed E-state index contributed by atoms with van der Waals surface area (Å²) < 4.78 is 0. The van der Waals surface area contributed by atoms with Crippen molar-refractivity contribution in [3.05, 3.63) is 59.1 Å². The number of rotatable bonds is 2. The van der Waals surface area contributed by atoms with Gasteiger partial charge >= 0.3 is 0 Å². The lowest BCUT2D eigenvalue weighted by molar-refractivity contribution is 0.0993. The number of benzene rings is 2. The van der Waals surface area contributed by atoms with E-state index < -0.39 is 0 Å². The van der Waals surface area contributed by atoms with Crippen molar-refractivity contribution in [2.45, 2.75) is 4.90 Å². The Balaban J connectivity index is 2.34. The van der Waals surface area contributed by atoms with Gasteiger partial charge in [0.1, 0.15) is 0 Å². The number of halogens is 1. The lowest BCUT2D eigenvalue weighted by atomic mass is 10.2. The lowest BCUT2D eigenvalue weighted by Gasteiger charge is -2.18. The van der Waals surface area contributed by atoms with Crippen molar-refractivity contribution >= 4 is 35.8 Å². The van der Waals surface area contributed by atoms with Crippen molar-refractivity contribution in [1.82, 2.24) is 0 Å². The summed E-state index contributed by atoms with van der Waals surface area (Å²) in [7, 11) is 1.72. The monoisotopic (exact) mass is 277 g/mol. The third-order valence-electron chi connectivity index (χ3n) is 2.63. The molecule has 2 aromatic carbocycles. The van der Waals surface area contributed by atoms with Crippen LogP contribution in [0.2, 0.25) is 5.02 Å². The predicted octanol–water partition coefficient (Wildman–Crippen LogP) is 3.91. The number of anilines is 1. The highest BCUT2D eigenvalue weighted by molar-refractivity contribution is 7.80. The molecule has 0 bridgehead atoms. The predicted molar refractivity (Wildman–Crippen MR) is 77.9 cm³/mol. The summed E-state index contributed by atoms with van der Waals surface area (Å²) in [5.74, 6) is -0.151. The first-order valence-corrected chi connectivity index (χ1v) is 6.24. The molecule has 0 N–H and O–H groups in total. The smallest absolute Gasteiger partial charge is 0.259 e. The lowest BCUT2D eigenvalue weighted by Crippen LogP contribution is -2.26. The number of carbonyl (C=O) groups excluding carboxylic acids is 1. The van der Waals surface area contributed by atoms with E-state index in [0.29, 0.717) is 15.5 Å². The quantitative estimate of drug-likeness (QED) is 0.826. The van der Waals surface area contributed by atoms with Crippen molar-refractivity contribution in [1.29, 1.82) is 0 Å². The number of thiol groups is 1. The van der Waals surface area contributed by atoms with Crippen LogP contribution in [0.4, 0.5) is 5.69 Å². The average Bonchev–Trinajstić information content (AvgIpc) is 2.41. The second-order valence-corrected chi connectivity index (χ2v) is 4.79. The van der Waals surface area contributed by atoms with Crippen LogP contribution in [-0.2, 0) is 0 Å². The molecular formula is C14H12ClNOS. The Morgan fingerprint density at radius 1 is 1.17 bits per heavy atom. The maximum absolute atomic E-state index is 12.3. The van der Waals surface area contributed by atoms with Crippen LogP contribution in [0.3, 0.4) is 0 Å². The fourth-order valence-electron chi connectivity index (χ4n) is 1.63. The Bertz CT molecular complexity index is 571. The molecule has 2 nitrogen and oxygen atoms in total. The summed E-state index contributed by atoms with van der Waals surface area (Å²) in [4.78, 5) is 14.6. The van der Waals surface area contributed by atoms with E-state index in [-0.39, 0.29) is 5.91 Å². The molecular weight excluding hydrogens is 266 g/mol. The van der Waals surface area contributed by atoms with Crippen molar-refractivity contribution in [2.75, 3.05) is 11.9 Å². The molecule has 2 aromatic rings. The van der Waals surface area contributed by atoms with Crippen molar-refractivity contribution in [2.24, 2.45) is 0 Å². The number of nitrogens with zero attached hydrogens (tertiary/aromatic N) is 1. The van der Waals surface area contributed by atoms with Gasteiger partial charge in [-0.2, -0.15) is 0 Å². The first kappa shape index (κ1) is 13.0. The van der Waals surface area contributed by atoms with Gasteiger partial charge in [0.2, 0.25) is 0 Å². The minimum absolute atomic E-state index is 0.151. The van der Waals surface area contributed by atoms with Crippen LogP contribution in [0.15, 0.2) is 53.4 Å². The third-order valence-corrected chi connectivity index (χ3v) is 3.24. The van der Waals surface area contributed by atoms with Crippen LogP contribution >= 0.6 is 24.2 Å². The summed E-state index contributed by atoms with van der Waals surface area (Å²) in [5, 5.41) is 0.431. The zero-order chi connectivity index (χ0) is 13.1. The summed E-state index contributed by atoms with van der Waals surface area (Å²) >= 11 is 10.3. The molecule has 4 heteroatoms. The molecule has 0 radical (unpaired) electrons.